The first kappa shape index (κ1) is 23.4. The standard InChI is InChI=1S/C18H20F3N3O6/c1-3-4-22-17(28)11-5-10(18(19,20)21)6-14(24-11)30-8-13-16(27)15(26)12(7-29-13)23-9(2)25/h1,5-6,12-13,15-16,26-27H,4,7-8H2,2H3,(H,22,28)(H,23,25)/t12-,13+,15+,16-/m0/s1. The summed E-state index contributed by atoms with van der Waals surface area (Å²) in [6.07, 6.45) is -3.75. The molecule has 4 atom stereocenters. The van der Waals surface area contributed by atoms with Gasteiger partial charge in [-0.15, -0.1) is 6.42 Å². The monoisotopic (exact) mass is 431 g/mol. The number of aliphatic hydroxyl groups is 2. The van der Waals surface area contributed by atoms with E-state index in [-0.39, 0.29) is 13.2 Å². The number of carbonyl (C=O) groups is 2. The van der Waals surface area contributed by atoms with Crippen molar-refractivity contribution >= 4 is 11.8 Å². The van der Waals surface area contributed by atoms with E-state index in [0.717, 1.165) is 0 Å². The van der Waals surface area contributed by atoms with E-state index < -0.39 is 66.1 Å². The van der Waals surface area contributed by atoms with E-state index in [0.29, 0.717) is 12.1 Å². The Morgan fingerprint density at radius 1 is 1.37 bits per heavy atom. The maximum atomic E-state index is 13.1. The number of ether oxygens (including phenoxy) is 2. The predicted octanol–water partition coefficient (Wildman–Crippen LogP) is -0.532. The number of nitrogens with one attached hydrogen (secondary N) is 2. The van der Waals surface area contributed by atoms with Gasteiger partial charge in [-0.05, 0) is 6.07 Å². The highest BCUT2D eigenvalue weighted by Gasteiger charge is 2.39. The van der Waals surface area contributed by atoms with Crippen LogP contribution in [0.25, 0.3) is 0 Å². The molecule has 1 aliphatic rings. The fraction of sp³-hybridized carbons (Fsp3) is 0.500. The number of aliphatic hydroxyl groups excluding tert-OH is 2. The molecule has 0 saturated carbocycles. The number of terminal acetylenes is 1. The van der Waals surface area contributed by atoms with Crippen LogP contribution in [0.2, 0.25) is 0 Å². The minimum atomic E-state index is -4.77. The summed E-state index contributed by atoms with van der Waals surface area (Å²) in [7, 11) is 0. The molecular weight excluding hydrogens is 411 g/mol. The third-order valence-corrected chi connectivity index (χ3v) is 4.13. The second-order valence-corrected chi connectivity index (χ2v) is 6.43. The number of pyridine rings is 1. The van der Waals surface area contributed by atoms with Crippen molar-refractivity contribution in [3.05, 3.63) is 23.4 Å². The van der Waals surface area contributed by atoms with Gasteiger partial charge in [0.25, 0.3) is 5.91 Å². The lowest BCUT2D eigenvalue weighted by Gasteiger charge is -2.37. The van der Waals surface area contributed by atoms with Crippen LogP contribution in [0.5, 0.6) is 5.88 Å². The molecule has 30 heavy (non-hydrogen) atoms. The van der Waals surface area contributed by atoms with Crippen molar-refractivity contribution < 1.29 is 42.4 Å². The minimum Gasteiger partial charge on any atom is -0.475 e. The SMILES string of the molecule is C#CCNC(=O)c1cc(C(F)(F)F)cc(OC[C@H]2OC[C@H](NC(C)=O)[C@@H](O)[C@H]2O)n1. The lowest BCUT2D eigenvalue weighted by atomic mass is 9.98. The van der Waals surface area contributed by atoms with E-state index in [9.17, 15) is 33.0 Å². The van der Waals surface area contributed by atoms with Gasteiger partial charge in [0, 0.05) is 13.0 Å². The van der Waals surface area contributed by atoms with Crippen molar-refractivity contribution in [2.45, 2.75) is 37.5 Å². The van der Waals surface area contributed by atoms with Gasteiger partial charge in [-0.25, -0.2) is 4.98 Å². The number of alkyl halides is 3. The Hall–Kier alpha value is -2.88. The van der Waals surface area contributed by atoms with Crippen LogP contribution in [0.15, 0.2) is 12.1 Å². The number of rotatable bonds is 6. The van der Waals surface area contributed by atoms with E-state index in [4.69, 9.17) is 15.9 Å². The number of halogens is 3. The van der Waals surface area contributed by atoms with Crippen LogP contribution in [0, 0.1) is 12.3 Å². The lowest BCUT2D eigenvalue weighted by Crippen LogP contribution is -2.60. The highest BCUT2D eigenvalue weighted by Crippen LogP contribution is 2.31. The molecule has 1 aromatic rings. The Kier molecular flexibility index (Phi) is 7.60. The lowest BCUT2D eigenvalue weighted by molar-refractivity contribution is -0.162. The smallest absolute Gasteiger partial charge is 0.416 e. The molecule has 0 aliphatic carbocycles. The molecule has 1 aromatic heterocycles. The second kappa shape index (κ2) is 9.75. The van der Waals surface area contributed by atoms with Gasteiger partial charge in [0.1, 0.15) is 30.6 Å². The Morgan fingerprint density at radius 2 is 2.07 bits per heavy atom. The first-order valence-corrected chi connectivity index (χ1v) is 8.71. The number of nitrogens with zero attached hydrogens (tertiary/aromatic N) is 1. The third-order valence-electron chi connectivity index (χ3n) is 4.13. The molecule has 9 nitrogen and oxygen atoms in total. The summed E-state index contributed by atoms with van der Waals surface area (Å²) in [6.45, 7) is 0.402. The van der Waals surface area contributed by atoms with Gasteiger partial charge in [0.05, 0.1) is 24.8 Å². The molecule has 2 heterocycles. The van der Waals surface area contributed by atoms with Gasteiger partial charge in [0.2, 0.25) is 11.8 Å². The fourth-order valence-electron chi connectivity index (χ4n) is 2.67. The van der Waals surface area contributed by atoms with Crippen LogP contribution in [0.4, 0.5) is 13.2 Å². The van der Waals surface area contributed by atoms with E-state index in [1.807, 2.05) is 0 Å². The van der Waals surface area contributed by atoms with Gasteiger partial charge in [0.15, 0.2) is 0 Å². The van der Waals surface area contributed by atoms with Gasteiger partial charge in [-0.2, -0.15) is 13.2 Å². The highest BCUT2D eigenvalue weighted by molar-refractivity contribution is 5.92. The zero-order chi connectivity index (χ0) is 22.5. The van der Waals surface area contributed by atoms with Crippen molar-refractivity contribution in [1.29, 1.82) is 0 Å². The first-order valence-electron chi connectivity index (χ1n) is 8.71. The van der Waals surface area contributed by atoms with Crippen molar-refractivity contribution in [1.82, 2.24) is 15.6 Å². The molecule has 0 aromatic carbocycles. The number of hydrogen-bond acceptors (Lipinski definition) is 7. The maximum Gasteiger partial charge on any atom is 0.416 e. The first-order chi connectivity index (χ1) is 14.0. The third kappa shape index (κ3) is 6.06. The zero-order valence-electron chi connectivity index (χ0n) is 15.8. The van der Waals surface area contributed by atoms with Crippen LogP contribution in [-0.4, -0.2) is 71.1 Å². The Labute approximate surface area is 169 Å². The van der Waals surface area contributed by atoms with Crippen LogP contribution >= 0.6 is 0 Å². The molecule has 2 rings (SSSR count). The van der Waals surface area contributed by atoms with E-state index in [1.165, 1.54) is 6.92 Å². The Balaban J connectivity index is 2.13. The molecule has 0 unspecified atom stereocenters. The fourth-order valence-corrected chi connectivity index (χ4v) is 2.67. The van der Waals surface area contributed by atoms with Crippen molar-refractivity contribution in [3.63, 3.8) is 0 Å². The number of aromatic nitrogens is 1. The van der Waals surface area contributed by atoms with Gasteiger partial charge >= 0.3 is 6.18 Å². The molecular formula is C18H20F3N3O6. The van der Waals surface area contributed by atoms with Crippen molar-refractivity contribution in [3.8, 4) is 18.2 Å². The molecule has 0 spiro atoms. The van der Waals surface area contributed by atoms with Crippen molar-refractivity contribution in [2.24, 2.45) is 0 Å². The van der Waals surface area contributed by atoms with Crippen LogP contribution in [0.1, 0.15) is 23.0 Å². The largest absolute Gasteiger partial charge is 0.475 e. The molecule has 4 N–H and O–H groups in total. The Morgan fingerprint density at radius 3 is 2.67 bits per heavy atom. The zero-order valence-corrected chi connectivity index (χ0v) is 15.8. The van der Waals surface area contributed by atoms with Crippen LogP contribution in [-0.2, 0) is 15.7 Å². The van der Waals surface area contributed by atoms with Gasteiger partial charge in [-0.3, -0.25) is 9.59 Å². The quantitative estimate of drug-likeness (QED) is 0.446. The minimum absolute atomic E-state index is 0.151. The summed E-state index contributed by atoms with van der Waals surface area (Å²) in [4.78, 5) is 26.8. The van der Waals surface area contributed by atoms with Gasteiger partial charge < -0.3 is 30.3 Å². The van der Waals surface area contributed by atoms with Crippen LogP contribution < -0.4 is 15.4 Å². The normalized spacial score (nSPS) is 23.9. The van der Waals surface area contributed by atoms with Crippen LogP contribution in [0.3, 0.4) is 0 Å². The molecule has 1 fully saturated rings. The van der Waals surface area contributed by atoms with E-state index in [2.05, 4.69) is 21.5 Å². The molecule has 164 valence electrons. The molecule has 1 aliphatic heterocycles. The molecule has 0 bridgehead atoms. The average Bonchev–Trinajstić information content (AvgIpc) is 2.68. The highest BCUT2D eigenvalue weighted by atomic mass is 19.4. The molecule has 12 heteroatoms. The number of carbonyl (C=O) groups excluding carboxylic acids is 2. The maximum absolute atomic E-state index is 13.1. The summed E-state index contributed by atoms with van der Waals surface area (Å²) in [5, 5.41) is 24.8. The number of amides is 2. The molecule has 1 saturated heterocycles. The van der Waals surface area contributed by atoms with Gasteiger partial charge in [-0.1, -0.05) is 5.92 Å². The summed E-state index contributed by atoms with van der Waals surface area (Å²) < 4.78 is 49.9. The Bertz CT molecular complexity index is 826. The molecule has 0 radical (unpaired) electrons. The van der Waals surface area contributed by atoms with Crippen molar-refractivity contribution in [2.75, 3.05) is 19.8 Å². The summed E-state index contributed by atoms with van der Waals surface area (Å²) in [5.41, 5.74) is -1.74. The summed E-state index contributed by atoms with van der Waals surface area (Å²) in [6, 6.07) is 0.280. The van der Waals surface area contributed by atoms with E-state index >= 15 is 0 Å². The topological polar surface area (TPSA) is 130 Å². The summed E-state index contributed by atoms with van der Waals surface area (Å²) >= 11 is 0. The average molecular weight is 431 g/mol. The second-order valence-electron chi connectivity index (χ2n) is 6.43. The molecule has 2 amide bonds. The number of hydrogen-bond donors (Lipinski definition) is 4. The predicted molar refractivity (Wildman–Crippen MR) is 95.3 cm³/mol. The van der Waals surface area contributed by atoms with E-state index in [1.54, 1.807) is 0 Å². The summed E-state index contributed by atoms with van der Waals surface area (Å²) in [5.74, 6) is 0.214.